The van der Waals surface area contributed by atoms with Crippen molar-refractivity contribution in [2.45, 2.75) is 13.0 Å². The molecular weight excluding hydrogens is 190 g/mol. The van der Waals surface area contributed by atoms with Gasteiger partial charge in [-0.1, -0.05) is 6.92 Å². The van der Waals surface area contributed by atoms with Gasteiger partial charge >= 0.3 is 0 Å². The summed E-state index contributed by atoms with van der Waals surface area (Å²) in [6.45, 7) is 2.62. The number of hydroxylamine groups is 2. The van der Waals surface area contributed by atoms with Crippen molar-refractivity contribution in [3.05, 3.63) is 0 Å². The van der Waals surface area contributed by atoms with E-state index in [1.807, 2.05) is 6.92 Å². The van der Waals surface area contributed by atoms with Gasteiger partial charge in [0.15, 0.2) is 0 Å². The van der Waals surface area contributed by atoms with Crippen molar-refractivity contribution in [3.63, 3.8) is 0 Å². The Labute approximate surface area is 80.8 Å². The number of nitrogens with one attached hydrogen (secondary N) is 2. The zero-order valence-corrected chi connectivity index (χ0v) is 7.78. The summed E-state index contributed by atoms with van der Waals surface area (Å²) < 4.78 is 0. The van der Waals surface area contributed by atoms with Crippen LogP contribution >= 0.6 is 0 Å². The van der Waals surface area contributed by atoms with E-state index in [4.69, 9.17) is 5.73 Å². The Hall–Kier alpha value is -1.18. The highest BCUT2D eigenvalue weighted by Crippen LogP contribution is 2.00. The first kappa shape index (κ1) is 10.9. The van der Waals surface area contributed by atoms with E-state index >= 15 is 0 Å². The van der Waals surface area contributed by atoms with E-state index in [0.717, 1.165) is 0 Å². The molecule has 0 spiro atoms. The molecule has 2 saturated heterocycles. The van der Waals surface area contributed by atoms with Crippen LogP contribution < -0.4 is 16.7 Å². The minimum atomic E-state index is -0.458. The van der Waals surface area contributed by atoms with Crippen molar-refractivity contribution >= 4 is 11.8 Å². The summed E-state index contributed by atoms with van der Waals surface area (Å²) in [5.41, 5.74) is 9.48. The molecule has 2 fully saturated rings. The van der Waals surface area contributed by atoms with E-state index in [-0.39, 0.29) is 17.7 Å². The van der Waals surface area contributed by atoms with Crippen LogP contribution in [0.25, 0.3) is 0 Å². The minimum absolute atomic E-state index is 0.0139. The number of rotatable bonds is 0. The zero-order chi connectivity index (χ0) is 10.6. The standard InChI is InChI=1S/C4H7NO2.C3H6N2O2/c1-3-2-7-5-4(3)6;4-2-1-7-5-3(2)6/h3H,2H2,1H3,(H,5,6);2H,1,4H2,(H,5,6)/t3-;2-/m10/s1. The minimum Gasteiger partial charge on any atom is -0.318 e. The molecule has 80 valence electrons. The highest BCUT2D eigenvalue weighted by atomic mass is 16.7. The third kappa shape index (κ3) is 2.95. The second kappa shape index (κ2) is 4.89. The number of hydrogen-bond donors (Lipinski definition) is 3. The fourth-order valence-corrected chi connectivity index (χ4v) is 0.768. The van der Waals surface area contributed by atoms with Gasteiger partial charge in [-0.3, -0.25) is 19.3 Å². The normalized spacial score (nSPS) is 30.4. The van der Waals surface area contributed by atoms with Gasteiger partial charge in [-0.15, -0.1) is 0 Å². The molecule has 0 aromatic heterocycles. The van der Waals surface area contributed by atoms with Crippen LogP contribution in [-0.4, -0.2) is 31.1 Å². The van der Waals surface area contributed by atoms with E-state index < -0.39 is 6.04 Å². The lowest BCUT2D eigenvalue weighted by molar-refractivity contribution is -0.126. The van der Waals surface area contributed by atoms with Crippen molar-refractivity contribution in [2.75, 3.05) is 13.2 Å². The molecule has 7 heteroatoms. The SMILES string of the molecule is C[C@@H]1CONC1=O.N[C@H]1CONC1=O. The summed E-state index contributed by atoms with van der Waals surface area (Å²) in [5, 5.41) is 0. The fraction of sp³-hybridized carbons (Fsp3) is 0.714. The smallest absolute Gasteiger partial charge is 0.262 e. The molecule has 4 N–H and O–H groups in total. The molecule has 0 unspecified atom stereocenters. The lowest BCUT2D eigenvalue weighted by Crippen LogP contribution is -2.31. The van der Waals surface area contributed by atoms with Crippen LogP contribution in [-0.2, 0) is 19.3 Å². The molecule has 0 bridgehead atoms. The van der Waals surface area contributed by atoms with Crippen molar-refractivity contribution < 1.29 is 19.3 Å². The Balaban J connectivity index is 0.000000140. The van der Waals surface area contributed by atoms with Gasteiger partial charge in [0.1, 0.15) is 6.04 Å². The zero-order valence-electron chi connectivity index (χ0n) is 7.78. The lowest BCUT2D eigenvalue weighted by atomic mass is 10.2. The van der Waals surface area contributed by atoms with Gasteiger partial charge in [-0.2, -0.15) is 0 Å². The van der Waals surface area contributed by atoms with Crippen LogP contribution in [0, 0.1) is 5.92 Å². The van der Waals surface area contributed by atoms with Gasteiger partial charge in [0, 0.05) is 0 Å². The highest BCUT2D eigenvalue weighted by molar-refractivity contribution is 5.81. The molecule has 2 rings (SSSR count). The van der Waals surface area contributed by atoms with Crippen LogP contribution in [0.15, 0.2) is 0 Å². The third-order valence-electron chi connectivity index (χ3n) is 1.73. The number of amides is 2. The third-order valence-corrected chi connectivity index (χ3v) is 1.73. The Kier molecular flexibility index (Phi) is 3.81. The first-order valence-corrected chi connectivity index (χ1v) is 4.20. The van der Waals surface area contributed by atoms with Crippen molar-refractivity contribution in [3.8, 4) is 0 Å². The molecule has 7 nitrogen and oxygen atoms in total. The topological polar surface area (TPSA) is 103 Å². The summed E-state index contributed by atoms with van der Waals surface area (Å²) >= 11 is 0. The van der Waals surface area contributed by atoms with E-state index in [1.165, 1.54) is 0 Å². The van der Waals surface area contributed by atoms with E-state index in [0.29, 0.717) is 13.2 Å². The predicted octanol–water partition coefficient (Wildman–Crippen LogP) is -1.94. The van der Waals surface area contributed by atoms with Crippen molar-refractivity contribution in [1.29, 1.82) is 0 Å². The monoisotopic (exact) mass is 203 g/mol. The van der Waals surface area contributed by atoms with E-state index in [2.05, 4.69) is 20.6 Å². The summed E-state index contributed by atoms with van der Waals surface area (Å²) in [6.07, 6.45) is 0. The molecular formula is C7H13N3O4. The van der Waals surface area contributed by atoms with Crippen LogP contribution in [0.3, 0.4) is 0 Å². The molecule has 0 aliphatic carbocycles. The van der Waals surface area contributed by atoms with Gasteiger partial charge in [0.05, 0.1) is 19.1 Å². The van der Waals surface area contributed by atoms with E-state index in [9.17, 15) is 9.59 Å². The number of hydrogen-bond acceptors (Lipinski definition) is 5. The molecule has 2 atom stereocenters. The summed E-state index contributed by atoms with van der Waals surface area (Å²) in [6, 6.07) is -0.458. The Bertz CT molecular complexity index is 209. The van der Waals surface area contributed by atoms with Crippen molar-refractivity contribution in [1.82, 2.24) is 11.0 Å². The van der Waals surface area contributed by atoms with Crippen LogP contribution in [0.2, 0.25) is 0 Å². The molecule has 2 heterocycles. The first-order valence-electron chi connectivity index (χ1n) is 4.20. The lowest BCUT2D eigenvalue weighted by Gasteiger charge is -1.87. The first-order chi connectivity index (χ1) is 6.61. The Morgan fingerprint density at radius 3 is 1.93 bits per heavy atom. The van der Waals surface area contributed by atoms with Crippen LogP contribution in [0.4, 0.5) is 0 Å². The Morgan fingerprint density at radius 1 is 1.21 bits per heavy atom. The molecule has 2 aliphatic rings. The molecule has 0 aromatic carbocycles. The van der Waals surface area contributed by atoms with Crippen LogP contribution in [0.1, 0.15) is 6.92 Å². The van der Waals surface area contributed by atoms with Crippen LogP contribution in [0.5, 0.6) is 0 Å². The maximum Gasteiger partial charge on any atom is 0.262 e. The molecule has 2 aliphatic heterocycles. The summed E-state index contributed by atoms with van der Waals surface area (Å²) in [4.78, 5) is 29.6. The van der Waals surface area contributed by atoms with E-state index in [1.54, 1.807) is 0 Å². The summed E-state index contributed by atoms with van der Waals surface area (Å²) in [7, 11) is 0. The average molecular weight is 203 g/mol. The predicted molar refractivity (Wildman–Crippen MR) is 45.3 cm³/mol. The number of carbonyl (C=O) groups is 2. The average Bonchev–Trinajstić information content (AvgIpc) is 2.67. The molecule has 0 radical (unpaired) electrons. The fourth-order valence-electron chi connectivity index (χ4n) is 0.768. The molecule has 0 aromatic rings. The van der Waals surface area contributed by atoms with Gasteiger partial charge in [-0.25, -0.2) is 11.0 Å². The second-order valence-corrected chi connectivity index (χ2v) is 3.06. The largest absolute Gasteiger partial charge is 0.318 e. The highest BCUT2D eigenvalue weighted by Gasteiger charge is 2.20. The maximum atomic E-state index is 10.3. The molecule has 14 heavy (non-hydrogen) atoms. The van der Waals surface area contributed by atoms with Gasteiger partial charge in [0.2, 0.25) is 5.91 Å². The quantitative estimate of drug-likeness (QED) is 0.425. The molecule has 2 amide bonds. The second-order valence-electron chi connectivity index (χ2n) is 3.06. The van der Waals surface area contributed by atoms with Gasteiger partial charge in [0.25, 0.3) is 5.91 Å². The van der Waals surface area contributed by atoms with Gasteiger partial charge < -0.3 is 5.73 Å². The Morgan fingerprint density at radius 2 is 1.79 bits per heavy atom. The van der Waals surface area contributed by atoms with Crippen molar-refractivity contribution in [2.24, 2.45) is 11.7 Å². The maximum absolute atomic E-state index is 10.3. The number of carbonyl (C=O) groups excluding carboxylic acids is 2. The summed E-state index contributed by atoms with van der Waals surface area (Å²) in [5.74, 6) is -0.208. The van der Waals surface area contributed by atoms with Gasteiger partial charge in [-0.05, 0) is 0 Å². The number of nitrogens with two attached hydrogens (primary N) is 1. The molecule has 0 saturated carbocycles.